The van der Waals surface area contributed by atoms with Gasteiger partial charge in [0, 0.05) is 24.4 Å². The zero-order chi connectivity index (χ0) is 14.9. The van der Waals surface area contributed by atoms with Crippen molar-refractivity contribution in [2.45, 2.75) is 51.0 Å². The van der Waals surface area contributed by atoms with Crippen molar-refractivity contribution in [1.29, 1.82) is 0 Å². The van der Waals surface area contributed by atoms with Gasteiger partial charge in [0.2, 0.25) is 11.8 Å². The fourth-order valence-electron chi connectivity index (χ4n) is 2.60. The quantitative estimate of drug-likeness (QED) is 0.916. The number of nitrogens with one attached hydrogen (secondary N) is 1. The number of nitrogens with zero attached hydrogens (tertiary/aromatic N) is 2. The van der Waals surface area contributed by atoms with Crippen molar-refractivity contribution in [2.24, 2.45) is 0 Å². The largest absolute Gasteiger partial charge is 0.425 e. The van der Waals surface area contributed by atoms with Gasteiger partial charge >= 0.3 is 0 Å². The molecule has 2 atom stereocenters. The topological polar surface area (TPSA) is 51.0 Å². The molecule has 1 fully saturated rings. The van der Waals surface area contributed by atoms with Gasteiger partial charge in [-0.2, -0.15) is 0 Å². The molecule has 0 aliphatic heterocycles. The first kappa shape index (κ1) is 14.3. The Morgan fingerprint density at radius 1 is 1.14 bits per heavy atom. The number of rotatable bonds is 5. The monoisotopic (exact) mass is 285 g/mol. The lowest BCUT2D eigenvalue weighted by atomic mass is 10.1. The van der Waals surface area contributed by atoms with E-state index >= 15 is 0 Å². The van der Waals surface area contributed by atoms with Gasteiger partial charge in [-0.3, -0.25) is 0 Å². The average Bonchev–Trinajstić information content (AvgIpc) is 3.11. The van der Waals surface area contributed by atoms with E-state index in [1.807, 2.05) is 6.07 Å². The van der Waals surface area contributed by atoms with Gasteiger partial charge in [-0.25, -0.2) is 0 Å². The first-order valence-corrected chi connectivity index (χ1v) is 7.65. The molecule has 1 aliphatic carbocycles. The van der Waals surface area contributed by atoms with Gasteiger partial charge in [0.05, 0.1) is 0 Å². The summed E-state index contributed by atoms with van der Waals surface area (Å²) >= 11 is 0. The van der Waals surface area contributed by atoms with E-state index in [1.54, 1.807) is 0 Å². The van der Waals surface area contributed by atoms with Crippen LogP contribution in [-0.2, 0) is 6.42 Å². The van der Waals surface area contributed by atoms with Crippen LogP contribution >= 0.6 is 0 Å². The van der Waals surface area contributed by atoms with Crippen LogP contribution in [0, 0.1) is 0 Å². The molecule has 1 saturated carbocycles. The van der Waals surface area contributed by atoms with Crippen LogP contribution in [0.5, 0.6) is 0 Å². The SMILES string of the molecule is CC(C)(C)NCCc1nnc(C2CC2c2ccccc2)o1. The predicted molar refractivity (Wildman–Crippen MR) is 82.3 cm³/mol. The van der Waals surface area contributed by atoms with Gasteiger partial charge in [0.1, 0.15) is 0 Å². The van der Waals surface area contributed by atoms with E-state index in [0.717, 1.165) is 31.2 Å². The average molecular weight is 285 g/mol. The summed E-state index contributed by atoms with van der Waals surface area (Å²) in [7, 11) is 0. The molecular weight excluding hydrogens is 262 g/mol. The van der Waals surface area contributed by atoms with E-state index in [9.17, 15) is 0 Å². The van der Waals surface area contributed by atoms with Crippen LogP contribution in [-0.4, -0.2) is 22.3 Å². The number of hydrogen-bond acceptors (Lipinski definition) is 4. The summed E-state index contributed by atoms with van der Waals surface area (Å²) in [5.74, 6) is 2.49. The summed E-state index contributed by atoms with van der Waals surface area (Å²) in [4.78, 5) is 0. The molecule has 1 N–H and O–H groups in total. The van der Waals surface area contributed by atoms with E-state index in [1.165, 1.54) is 5.56 Å². The van der Waals surface area contributed by atoms with Crippen LogP contribution in [0.3, 0.4) is 0 Å². The van der Waals surface area contributed by atoms with Crippen LogP contribution in [0.1, 0.15) is 56.4 Å². The smallest absolute Gasteiger partial charge is 0.220 e. The molecule has 4 nitrogen and oxygen atoms in total. The normalized spacial score (nSPS) is 21.5. The summed E-state index contributed by atoms with van der Waals surface area (Å²) in [6.07, 6.45) is 1.90. The Balaban J connectivity index is 1.55. The number of benzene rings is 1. The molecular formula is C17H23N3O. The van der Waals surface area contributed by atoms with E-state index < -0.39 is 0 Å². The first-order chi connectivity index (χ1) is 10.0. The minimum Gasteiger partial charge on any atom is -0.425 e. The third-order valence-corrected chi connectivity index (χ3v) is 3.81. The molecule has 4 heteroatoms. The maximum absolute atomic E-state index is 5.81. The lowest BCUT2D eigenvalue weighted by Gasteiger charge is -2.19. The van der Waals surface area contributed by atoms with Crippen molar-refractivity contribution in [3.8, 4) is 0 Å². The Morgan fingerprint density at radius 3 is 2.62 bits per heavy atom. The third kappa shape index (κ3) is 3.70. The number of hydrogen-bond donors (Lipinski definition) is 1. The van der Waals surface area contributed by atoms with Crippen molar-refractivity contribution < 1.29 is 4.42 Å². The molecule has 1 aromatic carbocycles. The molecule has 1 aliphatic rings. The number of aromatic nitrogens is 2. The van der Waals surface area contributed by atoms with Crippen LogP contribution in [0.15, 0.2) is 34.7 Å². The summed E-state index contributed by atoms with van der Waals surface area (Å²) in [6, 6.07) is 10.6. The zero-order valence-corrected chi connectivity index (χ0v) is 13.0. The van der Waals surface area contributed by atoms with Crippen LogP contribution in [0.4, 0.5) is 0 Å². The highest BCUT2D eigenvalue weighted by atomic mass is 16.4. The van der Waals surface area contributed by atoms with Crippen LogP contribution < -0.4 is 5.32 Å². The molecule has 1 aromatic heterocycles. The third-order valence-electron chi connectivity index (χ3n) is 3.81. The molecule has 0 spiro atoms. The second-order valence-corrected chi connectivity index (χ2v) is 6.82. The fraction of sp³-hybridized carbons (Fsp3) is 0.529. The molecule has 2 aromatic rings. The van der Waals surface area contributed by atoms with Gasteiger partial charge in [-0.15, -0.1) is 10.2 Å². The Bertz CT molecular complexity index is 586. The standard InChI is InChI=1S/C17H23N3O/c1-17(2,3)18-10-9-15-19-20-16(21-15)14-11-13(14)12-7-5-4-6-8-12/h4-8,13-14,18H,9-11H2,1-3H3. The summed E-state index contributed by atoms with van der Waals surface area (Å²) in [5.41, 5.74) is 1.49. The fourth-order valence-corrected chi connectivity index (χ4v) is 2.60. The lowest BCUT2D eigenvalue weighted by molar-refractivity contribution is 0.401. The minimum atomic E-state index is 0.123. The van der Waals surface area contributed by atoms with Gasteiger partial charge in [-0.05, 0) is 38.7 Å². The summed E-state index contributed by atoms with van der Waals surface area (Å²) in [5, 5.41) is 11.8. The highest BCUT2D eigenvalue weighted by molar-refractivity contribution is 5.30. The van der Waals surface area contributed by atoms with E-state index in [4.69, 9.17) is 4.42 Å². The van der Waals surface area contributed by atoms with Crippen LogP contribution in [0.25, 0.3) is 0 Å². The maximum atomic E-state index is 5.81. The van der Waals surface area contributed by atoms with Gasteiger partial charge < -0.3 is 9.73 Å². The van der Waals surface area contributed by atoms with Crippen molar-refractivity contribution in [3.05, 3.63) is 47.7 Å². The van der Waals surface area contributed by atoms with Crippen LogP contribution in [0.2, 0.25) is 0 Å². The first-order valence-electron chi connectivity index (χ1n) is 7.65. The molecule has 112 valence electrons. The second-order valence-electron chi connectivity index (χ2n) is 6.82. The molecule has 21 heavy (non-hydrogen) atoms. The summed E-state index contributed by atoms with van der Waals surface area (Å²) < 4.78 is 5.81. The Hall–Kier alpha value is -1.68. The predicted octanol–water partition coefficient (Wildman–Crippen LogP) is 3.27. The van der Waals surface area contributed by atoms with E-state index in [-0.39, 0.29) is 5.54 Å². The minimum absolute atomic E-state index is 0.123. The highest BCUT2D eigenvalue weighted by Crippen LogP contribution is 2.53. The van der Waals surface area contributed by atoms with Crippen molar-refractivity contribution in [2.75, 3.05) is 6.54 Å². The molecule has 1 heterocycles. The molecule has 3 rings (SSSR count). The Morgan fingerprint density at radius 2 is 1.90 bits per heavy atom. The van der Waals surface area contributed by atoms with E-state index in [0.29, 0.717) is 11.8 Å². The van der Waals surface area contributed by atoms with Crippen molar-refractivity contribution in [1.82, 2.24) is 15.5 Å². The van der Waals surface area contributed by atoms with Crippen molar-refractivity contribution >= 4 is 0 Å². The molecule has 0 amide bonds. The maximum Gasteiger partial charge on any atom is 0.220 e. The Kier molecular flexibility index (Phi) is 3.81. The van der Waals surface area contributed by atoms with Crippen molar-refractivity contribution in [3.63, 3.8) is 0 Å². The Labute approximate surface area is 126 Å². The van der Waals surface area contributed by atoms with E-state index in [2.05, 4.69) is 60.6 Å². The molecule has 0 saturated heterocycles. The molecule has 0 bridgehead atoms. The van der Waals surface area contributed by atoms with Gasteiger partial charge in [0.15, 0.2) is 0 Å². The highest BCUT2D eigenvalue weighted by Gasteiger charge is 2.43. The van der Waals surface area contributed by atoms with Gasteiger partial charge in [-0.1, -0.05) is 30.3 Å². The molecule has 2 unspecified atom stereocenters. The zero-order valence-electron chi connectivity index (χ0n) is 13.0. The van der Waals surface area contributed by atoms with Gasteiger partial charge in [0.25, 0.3) is 0 Å². The lowest BCUT2D eigenvalue weighted by Crippen LogP contribution is -2.37. The second kappa shape index (κ2) is 5.60. The molecule has 0 radical (unpaired) electrons. The summed E-state index contributed by atoms with van der Waals surface area (Å²) in [6.45, 7) is 7.32.